The van der Waals surface area contributed by atoms with Crippen molar-refractivity contribution in [2.45, 2.75) is 51.3 Å². The van der Waals surface area contributed by atoms with Crippen molar-refractivity contribution in [2.75, 3.05) is 5.75 Å². The first-order chi connectivity index (χ1) is 8.86. The summed E-state index contributed by atoms with van der Waals surface area (Å²) in [6, 6.07) is 0. The van der Waals surface area contributed by atoms with Gasteiger partial charge in [0.1, 0.15) is 0 Å². The highest BCUT2D eigenvalue weighted by atomic mass is 32.2. The first kappa shape index (κ1) is 15.1. The molecule has 0 radical (unpaired) electrons. The van der Waals surface area contributed by atoms with Gasteiger partial charge < -0.3 is 14.9 Å². The first-order valence-electron chi connectivity index (χ1n) is 7.10. The number of thioether (sulfide) groups is 1. The van der Waals surface area contributed by atoms with Crippen LogP contribution < -0.4 is 0 Å². The number of carboxylic acids is 1. The standard InChI is InChI=1S/C14H24O4S/c1-8(2)10-5-4-9(3)6-11(10)14(13(16)17)18-12(15)7-19-14/h8-12,15H,4-7H2,1-3H3,(H,16,17)/t9?,10?,11?,12-,14-/m1/s1. The summed E-state index contributed by atoms with van der Waals surface area (Å²) in [5, 5.41) is 19.3. The van der Waals surface area contributed by atoms with E-state index in [-0.39, 0.29) is 5.92 Å². The van der Waals surface area contributed by atoms with Gasteiger partial charge in [-0.1, -0.05) is 27.2 Å². The third-order valence-corrected chi connectivity index (χ3v) is 6.01. The maximum absolute atomic E-state index is 11.8. The molecule has 2 aliphatic rings. The van der Waals surface area contributed by atoms with Gasteiger partial charge in [0.25, 0.3) is 0 Å². The van der Waals surface area contributed by atoms with Crippen molar-refractivity contribution < 1.29 is 19.7 Å². The fraction of sp³-hybridized carbons (Fsp3) is 0.929. The van der Waals surface area contributed by atoms with Crippen LogP contribution in [0, 0.1) is 23.7 Å². The van der Waals surface area contributed by atoms with Crippen LogP contribution in [0.25, 0.3) is 0 Å². The molecule has 2 N–H and O–H groups in total. The molecule has 2 fully saturated rings. The molecule has 1 aliphatic carbocycles. The third kappa shape index (κ3) is 2.78. The Morgan fingerprint density at radius 2 is 2.11 bits per heavy atom. The highest BCUT2D eigenvalue weighted by Crippen LogP contribution is 2.52. The summed E-state index contributed by atoms with van der Waals surface area (Å²) in [6.45, 7) is 6.48. The second kappa shape index (κ2) is 5.62. The molecular formula is C14H24O4S. The smallest absolute Gasteiger partial charge is 0.347 e. The van der Waals surface area contributed by atoms with E-state index in [1.165, 1.54) is 11.8 Å². The van der Waals surface area contributed by atoms with E-state index < -0.39 is 17.2 Å². The summed E-state index contributed by atoms with van der Waals surface area (Å²) >= 11 is 1.26. The van der Waals surface area contributed by atoms with Crippen LogP contribution >= 0.6 is 11.8 Å². The zero-order valence-corrected chi connectivity index (χ0v) is 12.7. The van der Waals surface area contributed by atoms with Gasteiger partial charge in [0.05, 0.1) is 0 Å². The minimum Gasteiger partial charge on any atom is -0.478 e. The molecule has 3 unspecified atom stereocenters. The van der Waals surface area contributed by atoms with Crippen molar-refractivity contribution in [1.82, 2.24) is 0 Å². The van der Waals surface area contributed by atoms with Crippen LogP contribution in [0.4, 0.5) is 0 Å². The maximum Gasteiger partial charge on any atom is 0.347 e. The molecule has 5 heteroatoms. The topological polar surface area (TPSA) is 66.8 Å². The summed E-state index contributed by atoms with van der Waals surface area (Å²) in [7, 11) is 0. The van der Waals surface area contributed by atoms with Crippen molar-refractivity contribution in [3.8, 4) is 0 Å². The highest BCUT2D eigenvalue weighted by Gasteiger charge is 2.57. The summed E-state index contributed by atoms with van der Waals surface area (Å²) in [6.07, 6.45) is 2.13. The molecule has 1 heterocycles. The first-order valence-corrected chi connectivity index (χ1v) is 8.08. The Hall–Kier alpha value is -0.260. The Morgan fingerprint density at radius 3 is 2.58 bits per heavy atom. The number of aliphatic hydroxyl groups is 1. The molecule has 2 rings (SSSR count). The Labute approximate surface area is 118 Å². The Morgan fingerprint density at radius 1 is 1.42 bits per heavy atom. The van der Waals surface area contributed by atoms with Gasteiger partial charge in [0.2, 0.25) is 4.93 Å². The monoisotopic (exact) mass is 288 g/mol. The number of rotatable bonds is 3. The largest absolute Gasteiger partial charge is 0.478 e. The quantitative estimate of drug-likeness (QED) is 0.835. The third-order valence-electron chi connectivity index (χ3n) is 4.56. The van der Waals surface area contributed by atoms with Crippen LogP contribution in [0.2, 0.25) is 0 Å². The molecule has 1 aliphatic heterocycles. The van der Waals surface area contributed by atoms with Gasteiger partial charge in [0.15, 0.2) is 6.29 Å². The molecule has 1 saturated carbocycles. The lowest BCUT2D eigenvalue weighted by molar-refractivity contribution is -0.188. The second-order valence-corrected chi connectivity index (χ2v) is 7.52. The minimum atomic E-state index is -1.25. The molecule has 0 spiro atoms. The molecule has 0 aromatic rings. The molecule has 0 bridgehead atoms. The number of hydrogen-bond donors (Lipinski definition) is 2. The summed E-state index contributed by atoms with van der Waals surface area (Å²) in [5.41, 5.74) is 0. The van der Waals surface area contributed by atoms with Crippen molar-refractivity contribution >= 4 is 17.7 Å². The summed E-state index contributed by atoms with van der Waals surface area (Å²) < 4.78 is 5.50. The van der Waals surface area contributed by atoms with Crippen LogP contribution in [0.1, 0.15) is 40.0 Å². The zero-order valence-electron chi connectivity index (χ0n) is 11.8. The van der Waals surface area contributed by atoms with Crippen LogP contribution in [0.5, 0.6) is 0 Å². The summed E-state index contributed by atoms with van der Waals surface area (Å²) in [5.74, 6) is 0.718. The molecule has 0 aromatic heterocycles. The normalized spacial score (nSPS) is 43.6. The van der Waals surface area contributed by atoms with Gasteiger partial charge in [-0.3, -0.25) is 0 Å². The summed E-state index contributed by atoms with van der Waals surface area (Å²) in [4.78, 5) is 10.5. The van der Waals surface area contributed by atoms with Gasteiger partial charge in [-0.15, -0.1) is 11.8 Å². The number of aliphatic carboxylic acids is 1. The lowest BCUT2D eigenvalue weighted by Crippen LogP contribution is -2.50. The van der Waals surface area contributed by atoms with E-state index in [0.29, 0.717) is 23.5 Å². The van der Waals surface area contributed by atoms with E-state index in [4.69, 9.17) is 4.74 Å². The lowest BCUT2D eigenvalue weighted by Gasteiger charge is -2.44. The molecule has 110 valence electrons. The predicted molar refractivity (Wildman–Crippen MR) is 74.7 cm³/mol. The van der Waals surface area contributed by atoms with Crippen molar-refractivity contribution in [3.05, 3.63) is 0 Å². The molecule has 19 heavy (non-hydrogen) atoms. The fourth-order valence-electron chi connectivity index (χ4n) is 3.57. The van der Waals surface area contributed by atoms with Gasteiger partial charge in [-0.25, -0.2) is 4.79 Å². The number of carbonyl (C=O) groups is 1. The van der Waals surface area contributed by atoms with Crippen LogP contribution in [0.15, 0.2) is 0 Å². The van der Waals surface area contributed by atoms with E-state index in [1.807, 2.05) is 0 Å². The van der Waals surface area contributed by atoms with E-state index in [2.05, 4.69) is 20.8 Å². The molecule has 0 amide bonds. The van der Waals surface area contributed by atoms with E-state index in [1.54, 1.807) is 0 Å². The number of aliphatic hydroxyl groups excluding tert-OH is 1. The fourth-order valence-corrected chi connectivity index (χ4v) is 4.82. The SMILES string of the molecule is CC1CCC(C(C)C)C([C@@]2(C(=O)O)O[C@@H](O)CS2)C1. The van der Waals surface area contributed by atoms with Crippen LogP contribution in [-0.2, 0) is 9.53 Å². The van der Waals surface area contributed by atoms with E-state index in [9.17, 15) is 15.0 Å². The van der Waals surface area contributed by atoms with Gasteiger partial charge >= 0.3 is 5.97 Å². The maximum atomic E-state index is 11.8. The molecule has 4 nitrogen and oxygen atoms in total. The average molecular weight is 288 g/mol. The molecule has 0 aromatic carbocycles. The van der Waals surface area contributed by atoms with Crippen molar-refractivity contribution in [1.29, 1.82) is 0 Å². The number of ether oxygens (including phenoxy) is 1. The predicted octanol–water partition coefficient (Wildman–Crippen LogP) is 2.56. The van der Waals surface area contributed by atoms with Crippen LogP contribution in [0.3, 0.4) is 0 Å². The Bertz CT molecular complexity index is 346. The average Bonchev–Trinajstić information content (AvgIpc) is 2.72. The minimum absolute atomic E-state index is 0.0177. The second-order valence-electron chi connectivity index (χ2n) is 6.29. The van der Waals surface area contributed by atoms with E-state index >= 15 is 0 Å². The van der Waals surface area contributed by atoms with Gasteiger partial charge in [-0.05, 0) is 30.6 Å². The Balaban J connectivity index is 2.30. The Kier molecular flexibility index (Phi) is 4.48. The van der Waals surface area contributed by atoms with Gasteiger partial charge in [0, 0.05) is 11.7 Å². The highest BCUT2D eigenvalue weighted by molar-refractivity contribution is 8.01. The number of hydrogen-bond acceptors (Lipinski definition) is 4. The molecule has 1 saturated heterocycles. The van der Waals surface area contributed by atoms with E-state index in [0.717, 1.165) is 19.3 Å². The van der Waals surface area contributed by atoms with Crippen LogP contribution in [-0.4, -0.2) is 33.2 Å². The molecular weight excluding hydrogens is 264 g/mol. The number of carboxylic acid groups (broad SMARTS) is 1. The lowest BCUT2D eigenvalue weighted by atomic mass is 9.67. The van der Waals surface area contributed by atoms with Crippen molar-refractivity contribution in [2.24, 2.45) is 23.7 Å². The van der Waals surface area contributed by atoms with Crippen molar-refractivity contribution in [3.63, 3.8) is 0 Å². The van der Waals surface area contributed by atoms with Gasteiger partial charge in [-0.2, -0.15) is 0 Å². The molecule has 5 atom stereocenters. The zero-order chi connectivity index (χ0) is 14.2.